The van der Waals surface area contributed by atoms with Crippen molar-refractivity contribution < 1.29 is 22.7 Å². The lowest BCUT2D eigenvalue weighted by atomic mass is 10.1. The van der Waals surface area contributed by atoms with Gasteiger partial charge in [0, 0.05) is 17.8 Å². The highest BCUT2D eigenvalue weighted by molar-refractivity contribution is 5.96. The number of aromatic nitrogens is 1. The highest BCUT2D eigenvalue weighted by Gasteiger charge is 2.33. The third kappa shape index (κ3) is 3.39. The molecular weight excluding hydrogens is 321 g/mol. The van der Waals surface area contributed by atoms with Gasteiger partial charge in [0.05, 0.1) is 11.3 Å². The maximum absolute atomic E-state index is 12.7. The second-order valence-electron chi connectivity index (χ2n) is 5.99. The zero-order chi connectivity index (χ0) is 17.5. The van der Waals surface area contributed by atoms with Crippen LogP contribution in [-0.4, -0.2) is 16.8 Å². The van der Waals surface area contributed by atoms with Crippen molar-refractivity contribution in [3.63, 3.8) is 0 Å². The Balaban J connectivity index is 2.11. The predicted molar refractivity (Wildman–Crippen MR) is 82.5 cm³/mol. The van der Waals surface area contributed by atoms with Crippen LogP contribution >= 0.6 is 0 Å². The van der Waals surface area contributed by atoms with Crippen LogP contribution in [0.4, 0.5) is 13.2 Å². The highest BCUT2D eigenvalue weighted by Crippen LogP contribution is 2.38. The minimum atomic E-state index is -4.79. The monoisotopic (exact) mass is 338 g/mol. The van der Waals surface area contributed by atoms with Crippen molar-refractivity contribution in [1.29, 1.82) is 0 Å². The first kappa shape index (κ1) is 16.4. The Labute approximate surface area is 137 Å². The molecule has 0 aliphatic heterocycles. The number of nitrogens with zero attached hydrogens (tertiary/aromatic N) is 1. The van der Waals surface area contributed by atoms with Crippen molar-refractivity contribution in [2.75, 3.05) is 0 Å². The summed E-state index contributed by atoms with van der Waals surface area (Å²) in [4.78, 5) is 11.6. The zero-order valence-electron chi connectivity index (χ0n) is 13.1. The standard InChI is InChI=1S/C17H17F3N2O2/c1-10-13(16(21)23)8-14(22(10)9-11-6-7-11)12-4-2-3-5-15(12)24-17(18,19)20/h2-5,8,11H,6-7,9H2,1H3,(H2,21,23). The van der Waals surface area contributed by atoms with E-state index in [0.29, 0.717) is 29.4 Å². The summed E-state index contributed by atoms with van der Waals surface area (Å²) in [6.45, 7) is 2.40. The van der Waals surface area contributed by atoms with Gasteiger partial charge in [0.25, 0.3) is 5.91 Å². The van der Waals surface area contributed by atoms with Gasteiger partial charge in [-0.05, 0) is 43.9 Å². The molecule has 0 saturated heterocycles. The molecular formula is C17H17F3N2O2. The average Bonchev–Trinajstić information content (AvgIpc) is 3.23. The lowest BCUT2D eigenvalue weighted by Gasteiger charge is -2.16. The van der Waals surface area contributed by atoms with Crippen molar-refractivity contribution in [3.8, 4) is 17.0 Å². The number of primary amides is 1. The van der Waals surface area contributed by atoms with Gasteiger partial charge in [-0.25, -0.2) is 0 Å². The van der Waals surface area contributed by atoms with Gasteiger partial charge in [-0.3, -0.25) is 4.79 Å². The number of rotatable bonds is 5. The molecule has 1 saturated carbocycles. The minimum absolute atomic E-state index is 0.283. The Morgan fingerprint density at radius 3 is 2.58 bits per heavy atom. The molecule has 1 fully saturated rings. The number of carbonyl (C=O) groups excluding carboxylic acids is 1. The Kier molecular flexibility index (Phi) is 4.03. The summed E-state index contributed by atoms with van der Waals surface area (Å²) in [6.07, 6.45) is -2.64. The molecule has 2 N–H and O–H groups in total. The van der Waals surface area contributed by atoms with Crippen LogP contribution in [0.25, 0.3) is 11.3 Å². The third-order valence-corrected chi connectivity index (χ3v) is 4.16. The molecule has 0 spiro atoms. The van der Waals surface area contributed by atoms with Crippen LogP contribution in [0.5, 0.6) is 5.75 Å². The average molecular weight is 338 g/mol. The van der Waals surface area contributed by atoms with E-state index in [1.165, 1.54) is 12.1 Å². The largest absolute Gasteiger partial charge is 0.573 e. The Morgan fingerprint density at radius 1 is 1.33 bits per heavy atom. The Bertz CT molecular complexity index is 777. The molecule has 1 aliphatic rings. The topological polar surface area (TPSA) is 57.3 Å². The number of hydrogen-bond acceptors (Lipinski definition) is 2. The first-order valence-corrected chi connectivity index (χ1v) is 7.61. The number of amides is 1. The Morgan fingerprint density at radius 2 is 2.00 bits per heavy atom. The molecule has 1 aromatic heterocycles. The number of hydrogen-bond donors (Lipinski definition) is 1. The number of ether oxygens (including phenoxy) is 1. The molecule has 128 valence electrons. The lowest BCUT2D eigenvalue weighted by molar-refractivity contribution is -0.274. The van der Waals surface area contributed by atoms with Crippen LogP contribution in [0.15, 0.2) is 30.3 Å². The van der Waals surface area contributed by atoms with E-state index in [9.17, 15) is 18.0 Å². The highest BCUT2D eigenvalue weighted by atomic mass is 19.4. The number of nitrogens with two attached hydrogens (primary N) is 1. The van der Waals surface area contributed by atoms with E-state index in [1.54, 1.807) is 25.1 Å². The fourth-order valence-corrected chi connectivity index (χ4v) is 2.80. The van der Waals surface area contributed by atoms with Gasteiger partial charge >= 0.3 is 6.36 Å². The van der Waals surface area contributed by atoms with Crippen LogP contribution in [0, 0.1) is 12.8 Å². The maximum atomic E-state index is 12.7. The van der Waals surface area contributed by atoms with Gasteiger partial charge in [0.2, 0.25) is 0 Å². The predicted octanol–water partition coefficient (Wildman–Crippen LogP) is 3.87. The molecule has 3 rings (SSSR count). The van der Waals surface area contributed by atoms with Crippen LogP contribution in [0.3, 0.4) is 0 Å². The third-order valence-electron chi connectivity index (χ3n) is 4.16. The summed E-state index contributed by atoms with van der Waals surface area (Å²) >= 11 is 0. The van der Waals surface area contributed by atoms with Crippen LogP contribution in [0.1, 0.15) is 28.9 Å². The molecule has 1 heterocycles. The summed E-state index contributed by atoms with van der Waals surface area (Å²) in [5.41, 5.74) is 7.16. The van der Waals surface area contributed by atoms with Gasteiger partial charge in [-0.1, -0.05) is 12.1 Å². The second kappa shape index (κ2) is 5.89. The molecule has 4 nitrogen and oxygen atoms in total. The van der Waals surface area contributed by atoms with Crippen molar-refractivity contribution >= 4 is 5.91 Å². The summed E-state index contributed by atoms with van der Waals surface area (Å²) < 4.78 is 44.0. The van der Waals surface area contributed by atoms with Gasteiger partial charge in [-0.15, -0.1) is 13.2 Å². The fourth-order valence-electron chi connectivity index (χ4n) is 2.80. The van der Waals surface area contributed by atoms with Crippen LogP contribution in [-0.2, 0) is 6.54 Å². The van der Waals surface area contributed by atoms with Crippen LogP contribution in [0.2, 0.25) is 0 Å². The number of benzene rings is 1. The van der Waals surface area contributed by atoms with Gasteiger partial charge in [0.1, 0.15) is 5.75 Å². The van der Waals surface area contributed by atoms with E-state index in [1.807, 2.05) is 4.57 Å². The van der Waals surface area contributed by atoms with Crippen molar-refractivity contribution in [1.82, 2.24) is 4.57 Å². The minimum Gasteiger partial charge on any atom is -0.405 e. The number of alkyl halides is 3. The Hall–Kier alpha value is -2.44. The molecule has 2 aromatic rings. The van der Waals surface area contributed by atoms with Gasteiger partial charge in [-0.2, -0.15) is 0 Å². The SMILES string of the molecule is Cc1c(C(N)=O)cc(-c2ccccc2OC(F)(F)F)n1CC1CC1. The first-order chi connectivity index (χ1) is 11.3. The molecule has 1 aromatic carbocycles. The lowest BCUT2D eigenvalue weighted by Crippen LogP contribution is -2.18. The molecule has 0 unspecified atom stereocenters. The fraction of sp³-hybridized carbons (Fsp3) is 0.353. The summed E-state index contributed by atoms with van der Waals surface area (Å²) in [5, 5.41) is 0. The molecule has 0 atom stereocenters. The number of halogens is 3. The number of para-hydroxylation sites is 1. The smallest absolute Gasteiger partial charge is 0.405 e. The normalized spacial score (nSPS) is 14.7. The van der Waals surface area contributed by atoms with E-state index < -0.39 is 12.3 Å². The second-order valence-corrected chi connectivity index (χ2v) is 5.99. The quantitative estimate of drug-likeness (QED) is 0.900. The summed E-state index contributed by atoms with van der Waals surface area (Å²) in [7, 11) is 0. The summed E-state index contributed by atoms with van der Waals surface area (Å²) in [6, 6.07) is 7.45. The molecule has 0 bridgehead atoms. The number of carbonyl (C=O) groups is 1. The first-order valence-electron chi connectivity index (χ1n) is 7.61. The van der Waals surface area contributed by atoms with E-state index in [4.69, 9.17) is 5.73 Å². The molecule has 24 heavy (non-hydrogen) atoms. The van der Waals surface area contributed by atoms with Crippen molar-refractivity contribution in [2.24, 2.45) is 11.7 Å². The van der Waals surface area contributed by atoms with Crippen molar-refractivity contribution in [3.05, 3.63) is 41.6 Å². The maximum Gasteiger partial charge on any atom is 0.573 e. The molecule has 1 amide bonds. The van der Waals surface area contributed by atoms with E-state index in [2.05, 4.69) is 4.74 Å². The summed E-state index contributed by atoms with van der Waals surface area (Å²) in [5.74, 6) is -0.417. The van der Waals surface area contributed by atoms with Crippen LogP contribution < -0.4 is 10.5 Å². The van der Waals surface area contributed by atoms with Crippen molar-refractivity contribution in [2.45, 2.75) is 32.7 Å². The zero-order valence-corrected chi connectivity index (χ0v) is 13.1. The van der Waals surface area contributed by atoms with E-state index >= 15 is 0 Å². The molecule has 1 aliphatic carbocycles. The molecule has 7 heteroatoms. The molecule has 0 radical (unpaired) electrons. The van der Waals surface area contributed by atoms with Gasteiger partial charge < -0.3 is 15.0 Å². The van der Waals surface area contributed by atoms with E-state index in [0.717, 1.165) is 12.8 Å². The van der Waals surface area contributed by atoms with E-state index in [-0.39, 0.29) is 11.3 Å². The van der Waals surface area contributed by atoms with Gasteiger partial charge in [0.15, 0.2) is 0 Å².